The third kappa shape index (κ3) is 3.81. The quantitative estimate of drug-likeness (QED) is 0.842. The monoisotopic (exact) mass is 337 g/mol. The molecule has 0 aromatic carbocycles. The number of piperidine rings is 1. The van der Waals surface area contributed by atoms with E-state index >= 15 is 0 Å². The summed E-state index contributed by atoms with van der Waals surface area (Å²) in [5, 5.41) is 1.23. The fourth-order valence-electron chi connectivity index (χ4n) is 2.57. The average Bonchev–Trinajstić information content (AvgIpc) is 2.55. The van der Waals surface area contributed by atoms with E-state index < -0.39 is 0 Å². The fraction of sp³-hybridized carbons (Fsp3) is 0.375. The van der Waals surface area contributed by atoms with Crippen LogP contribution in [-0.4, -0.2) is 29.7 Å². The van der Waals surface area contributed by atoms with E-state index in [0.29, 0.717) is 28.3 Å². The minimum absolute atomic E-state index is 0.535. The molecule has 1 fully saturated rings. The Morgan fingerprint density at radius 1 is 1.14 bits per heavy atom. The van der Waals surface area contributed by atoms with Gasteiger partial charge >= 0.3 is 0 Å². The van der Waals surface area contributed by atoms with Gasteiger partial charge < -0.3 is 9.64 Å². The molecule has 3 rings (SSSR count). The van der Waals surface area contributed by atoms with Crippen LogP contribution in [0, 0.1) is 5.92 Å². The zero-order valence-corrected chi connectivity index (χ0v) is 13.6. The molecule has 4 nitrogen and oxygen atoms in total. The molecule has 0 spiro atoms. The molecule has 0 atom stereocenters. The highest BCUT2D eigenvalue weighted by Gasteiger charge is 2.21. The molecule has 1 saturated heterocycles. The Morgan fingerprint density at radius 2 is 1.95 bits per heavy atom. The van der Waals surface area contributed by atoms with Gasteiger partial charge in [0.25, 0.3) is 0 Å². The SMILES string of the molecule is Clc1ccc(N2CCC(COc3ccncc3Cl)CC2)nc1. The zero-order valence-electron chi connectivity index (χ0n) is 12.1. The Hall–Kier alpha value is -1.52. The minimum atomic E-state index is 0.535. The van der Waals surface area contributed by atoms with Crippen molar-refractivity contribution in [1.29, 1.82) is 0 Å². The topological polar surface area (TPSA) is 38.2 Å². The molecule has 6 heteroatoms. The first kappa shape index (κ1) is 15.4. The van der Waals surface area contributed by atoms with E-state index in [-0.39, 0.29) is 0 Å². The van der Waals surface area contributed by atoms with Crippen molar-refractivity contribution in [3.05, 3.63) is 46.8 Å². The number of halogens is 2. The van der Waals surface area contributed by atoms with Crippen molar-refractivity contribution >= 4 is 29.0 Å². The molecule has 0 unspecified atom stereocenters. The molecule has 1 aliphatic rings. The number of aromatic nitrogens is 2. The van der Waals surface area contributed by atoms with Crippen LogP contribution in [-0.2, 0) is 0 Å². The van der Waals surface area contributed by atoms with Gasteiger partial charge in [-0.1, -0.05) is 23.2 Å². The second-order valence-corrected chi connectivity index (χ2v) is 6.23. The molecule has 1 aliphatic heterocycles. The lowest BCUT2D eigenvalue weighted by molar-refractivity contribution is 0.222. The number of anilines is 1. The van der Waals surface area contributed by atoms with Crippen LogP contribution in [0.4, 0.5) is 5.82 Å². The molecule has 0 radical (unpaired) electrons. The maximum atomic E-state index is 6.04. The minimum Gasteiger partial charge on any atom is -0.492 e. The highest BCUT2D eigenvalue weighted by molar-refractivity contribution is 6.31. The summed E-state index contributed by atoms with van der Waals surface area (Å²) < 4.78 is 5.81. The Kier molecular flexibility index (Phi) is 5.01. The lowest BCUT2D eigenvalue weighted by Gasteiger charge is -2.32. The summed E-state index contributed by atoms with van der Waals surface area (Å²) in [6, 6.07) is 5.65. The lowest BCUT2D eigenvalue weighted by atomic mass is 9.98. The van der Waals surface area contributed by atoms with Gasteiger partial charge in [-0.25, -0.2) is 4.98 Å². The molecule has 22 heavy (non-hydrogen) atoms. The van der Waals surface area contributed by atoms with E-state index in [9.17, 15) is 0 Å². The predicted octanol–water partition coefficient (Wildman–Crippen LogP) is 4.08. The van der Waals surface area contributed by atoms with Crippen molar-refractivity contribution < 1.29 is 4.74 Å². The molecule has 2 aromatic heterocycles. The summed E-state index contributed by atoms with van der Waals surface area (Å²) >= 11 is 11.9. The molecule has 3 heterocycles. The summed E-state index contributed by atoms with van der Waals surface area (Å²) in [6.45, 7) is 2.64. The summed E-state index contributed by atoms with van der Waals surface area (Å²) in [4.78, 5) is 10.6. The van der Waals surface area contributed by atoms with Gasteiger partial charge in [0.1, 0.15) is 16.6 Å². The van der Waals surface area contributed by atoms with Gasteiger partial charge in [0, 0.05) is 37.7 Å². The maximum absolute atomic E-state index is 6.04. The lowest BCUT2D eigenvalue weighted by Crippen LogP contribution is -2.36. The number of hydrogen-bond donors (Lipinski definition) is 0. The highest BCUT2D eigenvalue weighted by Crippen LogP contribution is 2.26. The Labute approximate surface area is 140 Å². The smallest absolute Gasteiger partial charge is 0.141 e. The van der Waals surface area contributed by atoms with Crippen LogP contribution in [0.3, 0.4) is 0 Å². The van der Waals surface area contributed by atoms with Crippen LogP contribution in [0.25, 0.3) is 0 Å². The van der Waals surface area contributed by atoms with Gasteiger partial charge in [-0.3, -0.25) is 4.98 Å². The summed E-state index contributed by atoms with van der Waals surface area (Å²) in [7, 11) is 0. The molecule has 0 saturated carbocycles. The summed E-state index contributed by atoms with van der Waals surface area (Å²) in [5.74, 6) is 2.23. The normalized spacial score (nSPS) is 15.8. The van der Waals surface area contributed by atoms with Gasteiger partial charge in [-0.2, -0.15) is 0 Å². The molecule has 116 valence electrons. The number of rotatable bonds is 4. The zero-order chi connectivity index (χ0) is 15.4. The summed E-state index contributed by atoms with van der Waals surface area (Å²) in [5.41, 5.74) is 0. The van der Waals surface area contributed by atoms with Crippen LogP contribution in [0.15, 0.2) is 36.8 Å². The molecule has 2 aromatic rings. The van der Waals surface area contributed by atoms with E-state index in [1.165, 1.54) is 0 Å². The molecule has 0 amide bonds. The molecule has 0 bridgehead atoms. The van der Waals surface area contributed by atoms with Gasteiger partial charge in [-0.15, -0.1) is 0 Å². The predicted molar refractivity (Wildman–Crippen MR) is 88.9 cm³/mol. The molecule has 0 aliphatic carbocycles. The van der Waals surface area contributed by atoms with Crippen molar-refractivity contribution in [2.24, 2.45) is 5.92 Å². The van der Waals surface area contributed by atoms with E-state index in [1.807, 2.05) is 12.1 Å². The van der Waals surface area contributed by atoms with E-state index in [0.717, 1.165) is 31.7 Å². The van der Waals surface area contributed by atoms with Gasteiger partial charge in [0.2, 0.25) is 0 Å². The van der Waals surface area contributed by atoms with Crippen LogP contribution >= 0.6 is 23.2 Å². The number of pyridine rings is 2. The standard InChI is InChI=1S/C16H17Cl2N3O/c17-13-1-2-16(20-9-13)21-7-4-12(5-8-21)11-22-15-3-6-19-10-14(15)18/h1-3,6,9-10,12H,4-5,7-8,11H2. The largest absolute Gasteiger partial charge is 0.492 e. The maximum Gasteiger partial charge on any atom is 0.141 e. The third-order valence-corrected chi connectivity index (χ3v) is 4.37. The van der Waals surface area contributed by atoms with Gasteiger partial charge in [-0.05, 0) is 30.9 Å². The van der Waals surface area contributed by atoms with Crippen molar-refractivity contribution in [3.8, 4) is 5.75 Å². The summed E-state index contributed by atoms with van der Waals surface area (Å²) in [6.07, 6.45) is 7.14. The van der Waals surface area contributed by atoms with Gasteiger partial charge in [0.05, 0.1) is 11.6 Å². The second kappa shape index (κ2) is 7.16. The first-order valence-electron chi connectivity index (χ1n) is 7.31. The third-order valence-electron chi connectivity index (χ3n) is 3.86. The van der Waals surface area contributed by atoms with Crippen LogP contribution in [0.1, 0.15) is 12.8 Å². The van der Waals surface area contributed by atoms with Crippen LogP contribution in [0.2, 0.25) is 10.0 Å². The van der Waals surface area contributed by atoms with E-state index in [2.05, 4.69) is 14.9 Å². The Bertz CT molecular complexity index is 613. The number of nitrogens with zero attached hydrogens (tertiary/aromatic N) is 3. The van der Waals surface area contributed by atoms with Crippen LogP contribution < -0.4 is 9.64 Å². The second-order valence-electron chi connectivity index (χ2n) is 5.38. The van der Waals surface area contributed by atoms with Crippen molar-refractivity contribution in [1.82, 2.24) is 9.97 Å². The molecule has 0 N–H and O–H groups in total. The van der Waals surface area contributed by atoms with E-state index in [4.69, 9.17) is 27.9 Å². The first-order chi connectivity index (χ1) is 10.7. The highest BCUT2D eigenvalue weighted by atomic mass is 35.5. The van der Waals surface area contributed by atoms with Crippen molar-refractivity contribution in [3.63, 3.8) is 0 Å². The number of ether oxygens (including phenoxy) is 1. The van der Waals surface area contributed by atoms with E-state index in [1.54, 1.807) is 24.7 Å². The Morgan fingerprint density at radius 3 is 2.64 bits per heavy atom. The fourth-order valence-corrected chi connectivity index (χ4v) is 2.86. The first-order valence-corrected chi connectivity index (χ1v) is 8.07. The van der Waals surface area contributed by atoms with Gasteiger partial charge in [0.15, 0.2) is 0 Å². The van der Waals surface area contributed by atoms with Crippen LogP contribution in [0.5, 0.6) is 5.75 Å². The number of hydrogen-bond acceptors (Lipinski definition) is 4. The molecular formula is C16H17Cl2N3O. The van der Waals surface area contributed by atoms with Crippen molar-refractivity contribution in [2.45, 2.75) is 12.8 Å². The average molecular weight is 338 g/mol. The Balaban J connectivity index is 1.49. The van der Waals surface area contributed by atoms with Crippen molar-refractivity contribution in [2.75, 3.05) is 24.6 Å². The molecular weight excluding hydrogens is 321 g/mol.